The predicted octanol–water partition coefficient (Wildman–Crippen LogP) is 1.61. The second-order valence-corrected chi connectivity index (χ2v) is 4.31. The first-order chi connectivity index (χ1) is 9.20. The lowest BCUT2D eigenvalue weighted by atomic mass is 10.2. The highest BCUT2D eigenvalue weighted by molar-refractivity contribution is 5.73. The Bertz CT molecular complexity index is 813. The van der Waals surface area contributed by atoms with Gasteiger partial charge in [-0.3, -0.25) is 14.2 Å². The van der Waals surface area contributed by atoms with Gasteiger partial charge in [-0.2, -0.15) is 5.10 Å². The van der Waals surface area contributed by atoms with Gasteiger partial charge in [0, 0.05) is 11.9 Å². The molecule has 2 heterocycles. The smallest absolute Gasteiger partial charge is 0.281 e. The Morgan fingerprint density at radius 3 is 2.58 bits per heavy atom. The van der Waals surface area contributed by atoms with Crippen molar-refractivity contribution in [2.45, 2.75) is 6.92 Å². The number of benzene rings is 1. The molecule has 0 N–H and O–H groups in total. The van der Waals surface area contributed by atoms with Gasteiger partial charge < -0.3 is 0 Å². The summed E-state index contributed by atoms with van der Waals surface area (Å²) in [7, 11) is 0. The molecule has 0 bridgehead atoms. The minimum absolute atomic E-state index is 0.202. The number of nitrogens with zero attached hydrogens (tertiary/aromatic N) is 3. The van der Waals surface area contributed by atoms with Crippen LogP contribution in [0.3, 0.4) is 0 Å². The van der Waals surface area contributed by atoms with Gasteiger partial charge in [-0.05, 0) is 25.1 Å². The molecule has 0 radical (unpaired) electrons. The molecular formula is C14H11N3O2. The summed E-state index contributed by atoms with van der Waals surface area (Å²) in [6.45, 7) is 1.98. The highest BCUT2D eigenvalue weighted by Crippen LogP contribution is 2.09. The molecule has 0 atom stereocenters. The molecule has 0 unspecified atom stereocenters. The first-order valence-corrected chi connectivity index (χ1v) is 5.82. The Balaban J connectivity index is 2.35. The number of carbonyl (C=O) groups is 1. The van der Waals surface area contributed by atoms with E-state index >= 15 is 0 Å². The molecule has 1 aromatic carbocycles. The second-order valence-electron chi connectivity index (χ2n) is 4.31. The number of fused-ring (bicyclic) bond motifs is 1. The number of hydrogen-bond acceptors (Lipinski definition) is 3. The fourth-order valence-electron chi connectivity index (χ4n) is 2.02. The molecule has 0 saturated heterocycles. The summed E-state index contributed by atoms with van der Waals surface area (Å²) in [5.41, 5.74) is 2.34. The highest BCUT2D eigenvalue weighted by Gasteiger charge is 2.09. The van der Waals surface area contributed by atoms with Gasteiger partial charge >= 0.3 is 0 Å². The summed E-state index contributed by atoms with van der Waals surface area (Å²) in [5.74, 6) is 0. The van der Waals surface area contributed by atoms with Crippen molar-refractivity contribution in [3.05, 3.63) is 64.3 Å². The molecule has 0 amide bonds. The maximum absolute atomic E-state index is 12.3. The zero-order chi connectivity index (χ0) is 13.4. The Hall–Kier alpha value is -2.69. The van der Waals surface area contributed by atoms with Crippen LogP contribution in [0.2, 0.25) is 0 Å². The van der Waals surface area contributed by atoms with Crippen molar-refractivity contribution < 1.29 is 4.79 Å². The third-order valence-electron chi connectivity index (χ3n) is 3.02. The van der Waals surface area contributed by atoms with E-state index in [2.05, 4.69) is 5.10 Å². The van der Waals surface area contributed by atoms with E-state index in [0.717, 1.165) is 11.3 Å². The lowest BCUT2D eigenvalue weighted by Crippen LogP contribution is -2.22. The number of aldehydes is 1. The minimum atomic E-state index is -0.202. The molecule has 3 rings (SSSR count). The van der Waals surface area contributed by atoms with Gasteiger partial charge in [-0.25, -0.2) is 4.52 Å². The van der Waals surface area contributed by atoms with Gasteiger partial charge in [0.25, 0.3) is 5.56 Å². The molecule has 94 valence electrons. The fourth-order valence-corrected chi connectivity index (χ4v) is 2.02. The number of aromatic nitrogens is 3. The van der Waals surface area contributed by atoms with Crippen molar-refractivity contribution in [1.82, 2.24) is 14.2 Å². The quantitative estimate of drug-likeness (QED) is 0.652. The van der Waals surface area contributed by atoms with E-state index in [1.807, 2.05) is 31.2 Å². The van der Waals surface area contributed by atoms with Crippen molar-refractivity contribution in [2.75, 3.05) is 0 Å². The molecule has 0 aliphatic heterocycles. The van der Waals surface area contributed by atoms with Gasteiger partial charge in [0.2, 0.25) is 0 Å². The standard InChI is InChI=1S/C14H11N3O2/c1-10-2-4-11(5-3-10)16-8-12(9-18)17-13(14(16)19)6-7-15-17/h2-9H,1H3. The van der Waals surface area contributed by atoms with Crippen LogP contribution in [0, 0.1) is 6.92 Å². The third-order valence-corrected chi connectivity index (χ3v) is 3.02. The number of rotatable bonds is 2. The fraction of sp³-hybridized carbons (Fsp3) is 0.0714. The van der Waals surface area contributed by atoms with Crippen molar-refractivity contribution in [3.8, 4) is 5.69 Å². The molecule has 2 aromatic heterocycles. The summed E-state index contributed by atoms with van der Waals surface area (Å²) in [5, 5.41) is 3.97. The van der Waals surface area contributed by atoms with Crippen LogP contribution in [0.4, 0.5) is 0 Å². The molecule has 0 fully saturated rings. The Morgan fingerprint density at radius 1 is 1.16 bits per heavy atom. The van der Waals surface area contributed by atoms with E-state index < -0.39 is 0 Å². The van der Waals surface area contributed by atoms with E-state index in [4.69, 9.17) is 0 Å². The molecule has 0 aliphatic carbocycles. The summed E-state index contributed by atoms with van der Waals surface area (Å²) < 4.78 is 2.81. The van der Waals surface area contributed by atoms with Crippen molar-refractivity contribution in [3.63, 3.8) is 0 Å². The lowest BCUT2D eigenvalue weighted by Gasteiger charge is -2.08. The van der Waals surface area contributed by atoms with Gasteiger partial charge in [0.15, 0.2) is 6.29 Å². The number of aryl methyl sites for hydroxylation is 1. The van der Waals surface area contributed by atoms with E-state index in [-0.39, 0.29) is 5.56 Å². The largest absolute Gasteiger partial charge is 0.296 e. The zero-order valence-corrected chi connectivity index (χ0v) is 10.3. The zero-order valence-electron chi connectivity index (χ0n) is 10.3. The van der Waals surface area contributed by atoms with E-state index in [0.29, 0.717) is 17.5 Å². The van der Waals surface area contributed by atoms with Gasteiger partial charge in [-0.15, -0.1) is 0 Å². The molecule has 0 spiro atoms. The van der Waals surface area contributed by atoms with Crippen molar-refractivity contribution in [2.24, 2.45) is 0 Å². The molecule has 0 aliphatic rings. The second kappa shape index (κ2) is 4.20. The van der Waals surface area contributed by atoms with Crippen molar-refractivity contribution in [1.29, 1.82) is 0 Å². The SMILES string of the molecule is Cc1ccc(-n2cc(C=O)n3nccc3c2=O)cc1. The third kappa shape index (κ3) is 1.76. The lowest BCUT2D eigenvalue weighted by molar-refractivity contribution is 0.111. The average Bonchev–Trinajstić information content (AvgIpc) is 2.91. The molecule has 5 heteroatoms. The van der Waals surface area contributed by atoms with E-state index in [9.17, 15) is 9.59 Å². The predicted molar refractivity (Wildman–Crippen MR) is 70.9 cm³/mol. The summed E-state index contributed by atoms with van der Waals surface area (Å²) in [6, 6.07) is 9.13. The monoisotopic (exact) mass is 253 g/mol. The van der Waals surface area contributed by atoms with Crippen LogP contribution in [-0.4, -0.2) is 20.5 Å². The van der Waals surface area contributed by atoms with Crippen LogP contribution >= 0.6 is 0 Å². The summed E-state index contributed by atoms with van der Waals surface area (Å²) in [6.07, 6.45) is 3.69. The average molecular weight is 253 g/mol. The van der Waals surface area contributed by atoms with Gasteiger partial charge in [0.1, 0.15) is 11.2 Å². The van der Waals surface area contributed by atoms with Crippen LogP contribution in [0.15, 0.2) is 47.5 Å². The van der Waals surface area contributed by atoms with Gasteiger partial charge in [0.05, 0.1) is 6.20 Å². The molecule has 0 saturated carbocycles. The topological polar surface area (TPSA) is 56.4 Å². The number of hydrogen-bond donors (Lipinski definition) is 0. The summed E-state index contributed by atoms with van der Waals surface area (Å²) in [4.78, 5) is 23.4. The first kappa shape index (κ1) is 11.4. The maximum Gasteiger partial charge on any atom is 0.281 e. The molecule has 5 nitrogen and oxygen atoms in total. The molecule has 3 aromatic rings. The Morgan fingerprint density at radius 2 is 1.89 bits per heavy atom. The van der Waals surface area contributed by atoms with Crippen LogP contribution in [-0.2, 0) is 0 Å². The normalized spacial score (nSPS) is 10.8. The Labute approximate surface area is 108 Å². The number of carbonyl (C=O) groups excluding carboxylic acids is 1. The maximum atomic E-state index is 12.3. The minimum Gasteiger partial charge on any atom is -0.296 e. The van der Waals surface area contributed by atoms with Crippen molar-refractivity contribution >= 4 is 11.8 Å². The van der Waals surface area contributed by atoms with Crippen LogP contribution in [0.5, 0.6) is 0 Å². The highest BCUT2D eigenvalue weighted by atomic mass is 16.1. The van der Waals surface area contributed by atoms with Crippen LogP contribution < -0.4 is 5.56 Å². The summed E-state index contributed by atoms with van der Waals surface area (Å²) >= 11 is 0. The van der Waals surface area contributed by atoms with E-state index in [1.165, 1.54) is 21.5 Å². The van der Waals surface area contributed by atoms with Gasteiger partial charge in [-0.1, -0.05) is 17.7 Å². The Kier molecular flexibility index (Phi) is 2.52. The molecular weight excluding hydrogens is 242 g/mol. The first-order valence-electron chi connectivity index (χ1n) is 5.82. The van der Waals surface area contributed by atoms with E-state index in [1.54, 1.807) is 6.07 Å². The van der Waals surface area contributed by atoms with Crippen LogP contribution in [0.25, 0.3) is 11.2 Å². The van der Waals surface area contributed by atoms with Crippen LogP contribution in [0.1, 0.15) is 16.1 Å². The molecule has 19 heavy (non-hydrogen) atoms.